The van der Waals surface area contributed by atoms with Crippen LogP contribution in [0.3, 0.4) is 0 Å². The summed E-state index contributed by atoms with van der Waals surface area (Å²) in [5.41, 5.74) is 0. The highest BCUT2D eigenvalue weighted by Crippen LogP contribution is 2.57. The molecule has 1 nitrogen and oxygen atoms in total. The van der Waals surface area contributed by atoms with Gasteiger partial charge < -0.3 is 4.74 Å². The molecule has 0 aromatic rings. The molecule has 1 aliphatic heterocycles. The van der Waals surface area contributed by atoms with E-state index in [9.17, 15) is 0 Å². The average molecular weight is 182 g/mol. The molecule has 0 amide bonds. The quantitative estimate of drug-likeness (QED) is 0.488. The van der Waals surface area contributed by atoms with Crippen LogP contribution in [-0.2, 0) is 4.74 Å². The summed E-state index contributed by atoms with van der Waals surface area (Å²) in [6.45, 7) is 3.09. The normalized spacial score (nSPS) is 36.6. The molecule has 2 atom stereocenters. The second kappa shape index (κ2) is 3.27. The summed E-state index contributed by atoms with van der Waals surface area (Å²) in [5.74, 6) is 0. The van der Waals surface area contributed by atoms with Gasteiger partial charge in [0.15, 0.2) is 0 Å². The van der Waals surface area contributed by atoms with Crippen molar-refractivity contribution in [3.63, 3.8) is 0 Å². The molecule has 2 aliphatic rings. The maximum atomic E-state index is 5.81. The minimum Gasteiger partial charge on any atom is -0.359 e. The molecular formula is C10H14OS. The number of fused-ring (bicyclic) bond motifs is 1. The van der Waals surface area contributed by atoms with Crippen molar-refractivity contribution in [3.8, 4) is 0 Å². The third kappa shape index (κ3) is 1.46. The first-order chi connectivity index (χ1) is 5.87. The fraction of sp³-hybridized carbons (Fsp3) is 0.600. The van der Waals surface area contributed by atoms with Gasteiger partial charge in [-0.15, -0.1) is 11.8 Å². The van der Waals surface area contributed by atoms with Crippen molar-refractivity contribution in [1.29, 1.82) is 0 Å². The van der Waals surface area contributed by atoms with Gasteiger partial charge in [0, 0.05) is 6.61 Å². The lowest BCUT2D eigenvalue weighted by Gasteiger charge is -2.12. The summed E-state index contributed by atoms with van der Waals surface area (Å²) in [5, 5.41) is 0.597. The molecule has 1 heterocycles. The molecule has 2 unspecified atom stereocenters. The Bertz CT molecular complexity index is 222. The standard InChI is InChI=1S/C10H14OS/c1-2-3-8-11-10-7-5-4-6-9(10)12-10/h4-7,9H,2-3,8H2,1H3. The third-order valence-corrected chi connectivity index (χ3v) is 3.59. The topological polar surface area (TPSA) is 9.23 Å². The van der Waals surface area contributed by atoms with Gasteiger partial charge in [-0.25, -0.2) is 0 Å². The third-order valence-electron chi connectivity index (χ3n) is 2.20. The fourth-order valence-electron chi connectivity index (χ4n) is 1.37. The smallest absolute Gasteiger partial charge is 0.148 e. The van der Waals surface area contributed by atoms with Crippen LogP contribution >= 0.6 is 11.8 Å². The maximum absolute atomic E-state index is 5.81. The average Bonchev–Trinajstić information content (AvgIpc) is 2.79. The van der Waals surface area contributed by atoms with Gasteiger partial charge in [-0.05, 0) is 12.5 Å². The number of rotatable bonds is 4. The predicted octanol–water partition coefficient (Wildman–Crippen LogP) is 2.74. The van der Waals surface area contributed by atoms with Gasteiger partial charge in [-0.3, -0.25) is 0 Å². The van der Waals surface area contributed by atoms with Crippen LogP contribution in [0.15, 0.2) is 24.3 Å². The monoisotopic (exact) mass is 182 g/mol. The van der Waals surface area contributed by atoms with Crippen LogP contribution in [-0.4, -0.2) is 16.8 Å². The Morgan fingerprint density at radius 3 is 3.17 bits per heavy atom. The van der Waals surface area contributed by atoms with Crippen molar-refractivity contribution in [2.75, 3.05) is 6.61 Å². The van der Waals surface area contributed by atoms with Crippen molar-refractivity contribution in [2.24, 2.45) is 0 Å². The van der Waals surface area contributed by atoms with Crippen LogP contribution in [0.25, 0.3) is 0 Å². The van der Waals surface area contributed by atoms with Crippen molar-refractivity contribution in [3.05, 3.63) is 24.3 Å². The van der Waals surface area contributed by atoms with Crippen LogP contribution in [0.4, 0.5) is 0 Å². The summed E-state index contributed by atoms with van der Waals surface area (Å²) in [4.78, 5) is 0.0456. The molecule has 12 heavy (non-hydrogen) atoms. The van der Waals surface area contributed by atoms with E-state index in [2.05, 4.69) is 31.2 Å². The summed E-state index contributed by atoms with van der Waals surface area (Å²) in [7, 11) is 0. The maximum Gasteiger partial charge on any atom is 0.148 e. The zero-order valence-corrected chi connectivity index (χ0v) is 8.14. The van der Waals surface area contributed by atoms with Gasteiger partial charge in [-0.1, -0.05) is 31.6 Å². The second-order valence-electron chi connectivity index (χ2n) is 3.21. The summed E-state index contributed by atoms with van der Waals surface area (Å²) in [6.07, 6.45) is 11.0. The van der Waals surface area contributed by atoms with E-state index in [1.54, 1.807) is 0 Å². The van der Waals surface area contributed by atoms with Crippen LogP contribution in [0, 0.1) is 0 Å². The lowest BCUT2D eigenvalue weighted by molar-refractivity contribution is 0.0843. The Balaban J connectivity index is 1.82. The van der Waals surface area contributed by atoms with Gasteiger partial charge in [0.05, 0.1) is 5.25 Å². The number of thioether (sulfide) groups is 1. The molecular weight excluding hydrogens is 168 g/mol. The first kappa shape index (κ1) is 8.39. The van der Waals surface area contributed by atoms with Gasteiger partial charge in [0.2, 0.25) is 0 Å². The van der Waals surface area contributed by atoms with Gasteiger partial charge in [0.25, 0.3) is 0 Å². The Labute approximate surface area is 77.9 Å². The number of hydrogen-bond donors (Lipinski definition) is 0. The van der Waals surface area contributed by atoms with Gasteiger partial charge in [-0.2, -0.15) is 0 Å². The summed E-state index contributed by atoms with van der Waals surface area (Å²) in [6, 6.07) is 0. The molecule has 1 fully saturated rings. The Hall–Kier alpha value is -0.210. The van der Waals surface area contributed by atoms with Crippen molar-refractivity contribution in [2.45, 2.75) is 29.9 Å². The van der Waals surface area contributed by atoms with E-state index in [1.807, 2.05) is 11.8 Å². The van der Waals surface area contributed by atoms with Crippen LogP contribution < -0.4 is 0 Å². The molecule has 2 rings (SSSR count). The molecule has 0 aromatic heterocycles. The zero-order chi connectivity index (χ0) is 8.44. The molecule has 0 saturated carbocycles. The molecule has 1 saturated heterocycles. The number of ether oxygens (including phenoxy) is 1. The molecule has 66 valence electrons. The van der Waals surface area contributed by atoms with E-state index in [4.69, 9.17) is 4.74 Å². The van der Waals surface area contributed by atoms with Crippen LogP contribution in [0.1, 0.15) is 19.8 Å². The summed E-state index contributed by atoms with van der Waals surface area (Å²) >= 11 is 1.90. The van der Waals surface area contributed by atoms with E-state index in [0.29, 0.717) is 5.25 Å². The van der Waals surface area contributed by atoms with E-state index in [0.717, 1.165) is 6.61 Å². The van der Waals surface area contributed by atoms with Crippen LogP contribution in [0.2, 0.25) is 0 Å². The molecule has 0 aromatic carbocycles. The Kier molecular flexibility index (Phi) is 2.28. The van der Waals surface area contributed by atoms with Crippen molar-refractivity contribution in [1.82, 2.24) is 0 Å². The van der Waals surface area contributed by atoms with Crippen molar-refractivity contribution >= 4 is 11.8 Å². The lowest BCUT2D eigenvalue weighted by atomic mass is 10.1. The molecule has 0 N–H and O–H groups in total. The van der Waals surface area contributed by atoms with Crippen molar-refractivity contribution < 1.29 is 4.74 Å². The highest BCUT2D eigenvalue weighted by molar-refractivity contribution is 8.08. The highest BCUT2D eigenvalue weighted by atomic mass is 32.2. The lowest BCUT2D eigenvalue weighted by Crippen LogP contribution is -2.17. The largest absolute Gasteiger partial charge is 0.359 e. The molecule has 2 heteroatoms. The Morgan fingerprint density at radius 2 is 2.42 bits per heavy atom. The number of hydrogen-bond acceptors (Lipinski definition) is 2. The first-order valence-corrected chi connectivity index (χ1v) is 5.43. The molecule has 0 radical (unpaired) electrons. The highest BCUT2D eigenvalue weighted by Gasteiger charge is 2.54. The number of allylic oxidation sites excluding steroid dienone is 2. The molecule has 0 spiro atoms. The minimum absolute atomic E-state index is 0.0456. The van der Waals surface area contributed by atoms with E-state index in [1.165, 1.54) is 12.8 Å². The zero-order valence-electron chi connectivity index (χ0n) is 7.32. The number of unbranched alkanes of at least 4 members (excludes halogenated alkanes) is 1. The minimum atomic E-state index is 0.0456. The Morgan fingerprint density at radius 1 is 1.50 bits per heavy atom. The molecule has 0 bridgehead atoms. The fourth-order valence-corrected chi connectivity index (χ4v) is 2.40. The SMILES string of the molecule is CCCCOC12C=CC=CC1S2. The summed E-state index contributed by atoms with van der Waals surface area (Å²) < 4.78 is 5.81. The van der Waals surface area contributed by atoms with Crippen LogP contribution in [0.5, 0.6) is 0 Å². The van der Waals surface area contributed by atoms with E-state index < -0.39 is 0 Å². The predicted molar refractivity (Wildman–Crippen MR) is 53.3 cm³/mol. The van der Waals surface area contributed by atoms with E-state index in [-0.39, 0.29) is 4.93 Å². The first-order valence-electron chi connectivity index (χ1n) is 4.55. The van der Waals surface area contributed by atoms with E-state index >= 15 is 0 Å². The second-order valence-corrected chi connectivity index (χ2v) is 4.59. The van der Waals surface area contributed by atoms with Gasteiger partial charge >= 0.3 is 0 Å². The molecule has 1 aliphatic carbocycles. The van der Waals surface area contributed by atoms with Gasteiger partial charge in [0.1, 0.15) is 4.93 Å².